The number of sulfone groups is 1. The van der Waals surface area contributed by atoms with Crippen molar-refractivity contribution in [3.05, 3.63) is 0 Å². The van der Waals surface area contributed by atoms with Crippen molar-refractivity contribution in [3.8, 4) is 0 Å². The summed E-state index contributed by atoms with van der Waals surface area (Å²) in [7, 11) is -2.87. The van der Waals surface area contributed by atoms with Crippen LogP contribution in [0.2, 0.25) is 0 Å². The van der Waals surface area contributed by atoms with E-state index in [1.165, 1.54) is 19.3 Å². The molecule has 1 heterocycles. The second-order valence-electron chi connectivity index (χ2n) is 4.53. The molecule has 0 spiro atoms. The van der Waals surface area contributed by atoms with Crippen molar-refractivity contribution < 1.29 is 13.2 Å². The second-order valence-corrected chi connectivity index (χ2v) is 7.86. The standard InChI is InChI=1S/C10H17BrO3S/c11-9-6-15(12,13)7-10(9)14-8-4-2-1-3-5-8/h8-10H,1-7H2. The molecule has 1 aliphatic carbocycles. The molecular formula is C10H17BrO3S. The number of hydrogen-bond acceptors (Lipinski definition) is 3. The molecule has 0 bridgehead atoms. The first-order valence-corrected chi connectivity index (χ1v) is 8.30. The van der Waals surface area contributed by atoms with Crippen LogP contribution in [0.4, 0.5) is 0 Å². The molecule has 2 aliphatic rings. The third-order valence-electron chi connectivity index (χ3n) is 3.15. The summed E-state index contributed by atoms with van der Waals surface area (Å²) in [6.07, 6.45) is 6.08. The predicted octanol–water partition coefficient (Wildman–Crippen LogP) is 1.90. The molecule has 0 radical (unpaired) electrons. The first-order chi connectivity index (χ1) is 7.07. The summed E-state index contributed by atoms with van der Waals surface area (Å²) in [6, 6.07) is 0. The molecule has 0 aromatic carbocycles. The minimum atomic E-state index is -2.87. The van der Waals surface area contributed by atoms with Gasteiger partial charge in [-0.3, -0.25) is 0 Å². The van der Waals surface area contributed by atoms with E-state index in [1.807, 2.05) is 0 Å². The van der Waals surface area contributed by atoms with Gasteiger partial charge in [0.05, 0.1) is 28.5 Å². The van der Waals surface area contributed by atoms with Crippen molar-refractivity contribution in [1.82, 2.24) is 0 Å². The largest absolute Gasteiger partial charge is 0.373 e. The molecule has 1 aliphatic heterocycles. The van der Waals surface area contributed by atoms with Gasteiger partial charge in [-0.2, -0.15) is 0 Å². The van der Waals surface area contributed by atoms with Gasteiger partial charge in [0, 0.05) is 0 Å². The number of alkyl halides is 1. The Morgan fingerprint density at radius 1 is 1.07 bits per heavy atom. The molecule has 2 atom stereocenters. The Bertz CT molecular complexity index is 309. The van der Waals surface area contributed by atoms with Gasteiger partial charge in [-0.05, 0) is 12.8 Å². The zero-order valence-electron chi connectivity index (χ0n) is 8.69. The van der Waals surface area contributed by atoms with Gasteiger partial charge in [0.25, 0.3) is 0 Å². The van der Waals surface area contributed by atoms with Crippen LogP contribution in [0.3, 0.4) is 0 Å². The summed E-state index contributed by atoms with van der Waals surface area (Å²) in [5.41, 5.74) is 0. The van der Waals surface area contributed by atoms with E-state index in [4.69, 9.17) is 4.74 Å². The average molecular weight is 297 g/mol. The summed E-state index contributed by atoms with van der Waals surface area (Å²) in [5, 5.41) is 0. The molecule has 2 unspecified atom stereocenters. The molecule has 0 aromatic heterocycles. The Kier molecular flexibility index (Phi) is 3.73. The van der Waals surface area contributed by atoms with Gasteiger partial charge in [0.2, 0.25) is 0 Å². The molecule has 2 fully saturated rings. The zero-order chi connectivity index (χ0) is 10.9. The smallest absolute Gasteiger partial charge is 0.154 e. The van der Waals surface area contributed by atoms with Gasteiger partial charge in [0.1, 0.15) is 0 Å². The van der Waals surface area contributed by atoms with E-state index in [-0.39, 0.29) is 28.5 Å². The van der Waals surface area contributed by atoms with Crippen LogP contribution in [-0.4, -0.2) is 37.0 Å². The lowest BCUT2D eigenvalue weighted by molar-refractivity contribution is -0.0138. The van der Waals surface area contributed by atoms with Crippen LogP contribution in [0, 0.1) is 0 Å². The van der Waals surface area contributed by atoms with Crippen molar-refractivity contribution in [2.45, 2.75) is 49.1 Å². The van der Waals surface area contributed by atoms with Crippen LogP contribution in [-0.2, 0) is 14.6 Å². The molecule has 15 heavy (non-hydrogen) atoms. The topological polar surface area (TPSA) is 43.4 Å². The normalized spacial score (nSPS) is 36.9. The molecular weight excluding hydrogens is 280 g/mol. The number of ether oxygens (including phenoxy) is 1. The lowest BCUT2D eigenvalue weighted by Crippen LogP contribution is -2.29. The fourth-order valence-electron chi connectivity index (χ4n) is 2.35. The first kappa shape index (κ1) is 11.9. The molecule has 88 valence electrons. The maximum absolute atomic E-state index is 11.4. The van der Waals surface area contributed by atoms with Crippen LogP contribution in [0.25, 0.3) is 0 Å². The summed E-state index contributed by atoms with van der Waals surface area (Å²) in [4.78, 5) is -0.00979. The highest BCUT2D eigenvalue weighted by Crippen LogP contribution is 2.28. The van der Waals surface area contributed by atoms with E-state index in [1.54, 1.807) is 0 Å². The first-order valence-electron chi connectivity index (χ1n) is 5.57. The van der Waals surface area contributed by atoms with E-state index >= 15 is 0 Å². The van der Waals surface area contributed by atoms with E-state index in [9.17, 15) is 8.42 Å². The molecule has 0 N–H and O–H groups in total. The Morgan fingerprint density at radius 2 is 1.73 bits per heavy atom. The van der Waals surface area contributed by atoms with E-state index in [0.717, 1.165) is 12.8 Å². The van der Waals surface area contributed by atoms with Gasteiger partial charge >= 0.3 is 0 Å². The Balaban J connectivity index is 1.89. The van der Waals surface area contributed by atoms with Crippen LogP contribution < -0.4 is 0 Å². The minimum absolute atomic E-state index is 0.00979. The van der Waals surface area contributed by atoms with Crippen molar-refractivity contribution in [2.24, 2.45) is 0 Å². The maximum Gasteiger partial charge on any atom is 0.154 e. The lowest BCUT2D eigenvalue weighted by atomic mass is 9.97. The van der Waals surface area contributed by atoms with Gasteiger partial charge in [-0.1, -0.05) is 35.2 Å². The van der Waals surface area contributed by atoms with E-state index < -0.39 is 9.84 Å². The summed E-state index contributed by atoms with van der Waals surface area (Å²) in [5.74, 6) is 0.420. The Hall–Kier alpha value is 0.390. The summed E-state index contributed by atoms with van der Waals surface area (Å²) in [6.45, 7) is 0. The van der Waals surface area contributed by atoms with Crippen LogP contribution in [0.15, 0.2) is 0 Å². The fourth-order valence-corrected chi connectivity index (χ4v) is 5.76. The fraction of sp³-hybridized carbons (Fsp3) is 1.00. The molecule has 0 aromatic rings. The third kappa shape index (κ3) is 3.17. The van der Waals surface area contributed by atoms with Crippen molar-refractivity contribution >= 4 is 25.8 Å². The summed E-state index contributed by atoms with van der Waals surface area (Å²) < 4.78 is 28.6. The Morgan fingerprint density at radius 3 is 2.27 bits per heavy atom. The number of halogens is 1. The molecule has 1 saturated carbocycles. The van der Waals surface area contributed by atoms with Crippen LogP contribution in [0.5, 0.6) is 0 Å². The van der Waals surface area contributed by atoms with Gasteiger partial charge in [-0.15, -0.1) is 0 Å². The molecule has 5 heteroatoms. The molecule has 3 nitrogen and oxygen atoms in total. The number of rotatable bonds is 2. The monoisotopic (exact) mass is 296 g/mol. The van der Waals surface area contributed by atoms with Crippen LogP contribution >= 0.6 is 15.9 Å². The van der Waals surface area contributed by atoms with Crippen molar-refractivity contribution in [3.63, 3.8) is 0 Å². The molecule has 0 amide bonds. The van der Waals surface area contributed by atoms with Crippen molar-refractivity contribution in [2.75, 3.05) is 11.5 Å². The number of hydrogen-bond donors (Lipinski definition) is 0. The van der Waals surface area contributed by atoms with E-state index in [0.29, 0.717) is 0 Å². The highest BCUT2D eigenvalue weighted by atomic mass is 79.9. The van der Waals surface area contributed by atoms with Gasteiger partial charge in [-0.25, -0.2) is 8.42 Å². The van der Waals surface area contributed by atoms with E-state index in [2.05, 4.69) is 15.9 Å². The quantitative estimate of drug-likeness (QED) is 0.731. The SMILES string of the molecule is O=S1(=O)CC(Br)C(OC2CCCCC2)C1. The Labute approximate surface area is 99.6 Å². The average Bonchev–Trinajstić information content (AvgIpc) is 2.41. The van der Waals surface area contributed by atoms with Crippen LogP contribution in [0.1, 0.15) is 32.1 Å². The summed E-state index contributed by atoms with van der Waals surface area (Å²) >= 11 is 3.40. The third-order valence-corrected chi connectivity index (χ3v) is 6.20. The molecule has 1 saturated heterocycles. The highest BCUT2D eigenvalue weighted by molar-refractivity contribution is 9.09. The van der Waals surface area contributed by atoms with Gasteiger partial charge in [0.15, 0.2) is 9.84 Å². The minimum Gasteiger partial charge on any atom is -0.373 e. The van der Waals surface area contributed by atoms with Gasteiger partial charge < -0.3 is 4.74 Å². The van der Waals surface area contributed by atoms with Crippen molar-refractivity contribution in [1.29, 1.82) is 0 Å². The lowest BCUT2D eigenvalue weighted by Gasteiger charge is -2.26. The zero-order valence-corrected chi connectivity index (χ0v) is 11.1. The molecule has 2 rings (SSSR count). The second kappa shape index (κ2) is 4.72. The highest BCUT2D eigenvalue weighted by Gasteiger charge is 2.38. The maximum atomic E-state index is 11.4. The predicted molar refractivity (Wildman–Crippen MR) is 63.1 cm³/mol.